The number of hydrogen-bond acceptors (Lipinski definition) is 3. The van der Waals surface area contributed by atoms with Gasteiger partial charge in [0, 0.05) is 16.8 Å². The molecule has 0 unspecified atom stereocenters. The molecule has 0 aromatic carbocycles. The fraction of sp³-hybridized carbons (Fsp3) is 0.667. The first-order chi connectivity index (χ1) is 5.63. The zero-order valence-corrected chi connectivity index (χ0v) is 10.8. The van der Waals surface area contributed by atoms with E-state index in [0.717, 1.165) is 5.01 Å². The normalized spacial score (nSPS) is 16.8. The molecule has 5 heteroatoms. The Hall–Kier alpha value is 0.170. The minimum atomic E-state index is 0. The first-order valence-corrected chi connectivity index (χ1v) is 5.14. The maximum Gasteiger partial charge on any atom is 0.107 e. The van der Waals surface area contributed by atoms with Crippen molar-refractivity contribution in [3.8, 4) is 0 Å². The third-order valence-corrected chi connectivity index (χ3v) is 3.67. The van der Waals surface area contributed by atoms with Crippen LogP contribution < -0.4 is 5.73 Å². The van der Waals surface area contributed by atoms with E-state index >= 15 is 0 Å². The molecule has 1 aliphatic carbocycles. The van der Waals surface area contributed by atoms with Gasteiger partial charge in [-0.25, -0.2) is 4.98 Å². The number of nitrogens with zero attached hydrogens (tertiary/aromatic N) is 1. The molecule has 0 saturated heterocycles. The predicted octanol–water partition coefficient (Wildman–Crippen LogP) is 2.67. The molecule has 0 aliphatic heterocycles. The zero-order valence-electron chi connectivity index (χ0n) is 8.37. The molecule has 14 heavy (non-hydrogen) atoms. The second kappa shape index (κ2) is 4.79. The van der Waals surface area contributed by atoms with Crippen molar-refractivity contribution in [3.05, 3.63) is 15.6 Å². The van der Waals surface area contributed by atoms with Crippen LogP contribution in [-0.2, 0) is 18.4 Å². The number of hydrogen-bond donors (Lipinski definition) is 1. The lowest BCUT2D eigenvalue weighted by Crippen LogP contribution is -2.13. The molecule has 0 bridgehead atoms. The second-order valence-corrected chi connectivity index (χ2v) is 5.14. The van der Waals surface area contributed by atoms with E-state index in [0.29, 0.717) is 12.0 Å². The van der Waals surface area contributed by atoms with Gasteiger partial charge in [0.1, 0.15) is 5.01 Å². The molecule has 0 radical (unpaired) electrons. The molecule has 0 fully saturated rings. The van der Waals surface area contributed by atoms with E-state index in [2.05, 4.69) is 18.8 Å². The minimum Gasteiger partial charge on any atom is -0.325 e. The van der Waals surface area contributed by atoms with Crippen LogP contribution in [0.4, 0.5) is 0 Å². The van der Waals surface area contributed by atoms with Crippen LogP contribution in [-0.4, -0.2) is 4.98 Å². The Morgan fingerprint density at radius 1 is 1.43 bits per heavy atom. The van der Waals surface area contributed by atoms with Gasteiger partial charge in [-0.3, -0.25) is 0 Å². The molecule has 2 N–H and O–H groups in total. The fourth-order valence-electron chi connectivity index (χ4n) is 1.73. The van der Waals surface area contributed by atoms with E-state index < -0.39 is 0 Å². The molecule has 2 nitrogen and oxygen atoms in total. The van der Waals surface area contributed by atoms with Crippen LogP contribution in [0.1, 0.15) is 35.8 Å². The van der Waals surface area contributed by atoms with Gasteiger partial charge in [0.2, 0.25) is 0 Å². The second-order valence-electron chi connectivity index (χ2n) is 3.97. The van der Waals surface area contributed by atoms with Gasteiger partial charge >= 0.3 is 0 Å². The van der Waals surface area contributed by atoms with E-state index in [1.807, 2.05) is 0 Å². The predicted molar refractivity (Wildman–Crippen MR) is 65.8 cm³/mol. The quantitative estimate of drug-likeness (QED) is 0.837. The molecule has 0 spiro atoms. The molecule has 0 saturated carbocycles. The average Bonchev–Trinajstić information content (AvgIpc) is 2.53. The minimum absolute atomic E-state index is 0. The Kier molecular flexibility index (Phi) is 4.85. The zero-order chi connectivity index (χ0) is 8.77. The Morgan fingerprint density at radius 2 is 2.07 bits per heavy atom. The van der Waals surface area contributed by atoms with Crippen molar-refractivity contribution >= 4 is 36.2 Å². The van der Waals surface area contributed by atoms with Crippen LogP contribution in [0, 0.1) is 0 Å². The van der Waals surface area contributed by atoms with E-state index in [4.69, 9.17) is 5.73 Å². The molecular formula is C9H16Cl2N2S. The molecule has 1 aromatic rings. The van der Waals surface area contributed by atoms with Crippen molar-refractivity contribution in [2.24, 2.45) is 5.73 Å². The molecule has 1 aromatic heterocycles. The topological polar surface area (TPSA) is 38.9 Å². The van der Waals surface area contributed by atoms with Crippen LogP contribution in [0.2, 0.25) is 0 Å². The van der Waals surface area contributed by atoms with Gasteiger partial charge in [-0.1, -0.05) is 13.8 Å². The summed E-state index contributed by atoms with van der Waals surface area (Å²) in [5.74, 6) is 0. The van der Waals surface area contributed by atoms with E-state index in [1.54, 1.807) is 11.3 Å². The molecule has 0 atom stereocenters. The Labute approximate surface area is 101 Å². The van der Waals surface area contributed by atoms with E-state index in [9.17, 15) is 0 Å². The van der Waals surface area contributed by atoms with Gasteiger partial charge in [0.25, 0.3) is 0 Å². The lowest BCUT2D eigenvalue weighted by Gasteiger charge is -2.15. The standard InChI is InChI=1S/C9H14N2S.2ClH/c1-9(2)4-3-6-8(9)11-7(5-10)12-6;;/h3-5,10H2,1-2H3;2*1H. The molecule has 82 valence electrons. The lowest BCUT2D eigenvalue weighted by molar-refractivity contribution is 0.508. The number of aryl methyl sites for hydroxylation is 1. The summed E-state index contributed by atoms with van der Waals surface area (Å²) < 4.78 is 0. The van der Waals surface area contributed by atoms with Gasteiger partial charge in [0.05, 0.1) is 5.69 Å². The third kappa shape index (κ3) is 2.22. The van der Waals surface area contributed by atoms with Gasteiger partial charge in [0.15, 0.2) is 0 Å². The van der Waals surface area contributed by atoms with Crippen molar-refractivity contribution in [2.45, 2.75) is 38.6 Å². The summed E-state index contributed by atoms with van der Waals surface area (Å²) in [7, 11) is 0. The van der Waals surface area contributed by atoms with Crippen LogP contribution in [0.15, 0.2) is 0 Å². The highest BCUT2D eigenvalue weighted by atomic mass is 35.5. The molecule has 0 amide bonds. The molecule has 1 aliphatic rings. The first kappa shape index (κ1) is 14.2. The average molecular weight is 255 g/mol. The SMILES string of the molecule is CC1(C)CCc2sc(CN)nc21.Cl.Cl. The summed E-state index contributed by atoms with van der Waals surface area (Å²) in [5, 5.41) is 1.09. The number of halogens is 2. The van der Waals surface area contributed by atoms with E-state index in [1.165, 1.54) is 23.4 Å². The summed E-state index contributed by atoms with van der Waals surface area (Å²) in [6.45, 7) is 5.12. The number of thiazole rings is 1. The maximum absolute atomic E-state index is 5.55. The molecular weight excluding hydrogens is 239 g/mol. The maximum atomic E-state index is 5.55. The number of nitrogens with two attached hydrogens (primary N) is 1. The summed E-state index contributed by atoms with van der Waals surface area (Å²) in [5.41, 5.74) is 7.14. The summed E-state index contributed by atoms with van der Waals surface area (Å²) >= 11 is 1.79. The Morgan fingerprint density at radius 3 is 2.57 bits per heavy atom. The Balaban J connectivity index is 0.000000845. The molecule has 2 rings (SSSR count). The van der Waals surface area contributed by atoms with Crippen molar-refractivity contribution in [1.29, 1.82) is 0 Å². The highest BCUT2D eigenvalue weighted by Gasteiger charge is 2.33. The van der Waals surface area contributed by atoms with Gasteiger partial charge in [-0.15, -0.1) is 36.2 Å². The highest BCUT2D eigenvalue weighted by Crippen LogP contribution is 2.40. The fourth-order valence-corrected chi connectivity index (χ4v) is 2.86. The number of rotatable bonds is 1. The van der Waals surface area contributed by atoms with Crippen molar-refractivity contribution in [3.63, 3.8) is 0 Å². The van der Waals surface area contributed by atoms with Gasteiger partial charge < -0.3 is 5.73 Å². The summed E-state index contributed by atoms with van der Waals surface area (Å²) in [6.07, 6.45) is 2.44. The van der Waals surface area contributed by atoms with Gasteiger partial charge in [-0.05, 0) is 12.8 Å². The van der Waals surface area contributed by atoms with Gasteiger partial charge in [-0.2, -0.15) is 0 Å². The number of fused-ring (bicyclic) bond motifs is 1. The smallest absolute Gasteiger partial charge is 0.107 e. The highest BCUT2D eigenvalue weighted by molar-refractivity contribution is 7.11. The lowest BCUT2D eigenvalue weighted by atomic mass is 9.91. The molecule has 1 heterocycles. The van der Waals surface area contributed by atoms with Crippen LogP contribution in [0.25, 0.3) is 0 Å². The van der Waals surface area contributed by atoms with Crippen LogP contribution in [0.3, 0.4) is 0 Å². The largest absolute Gasteiger partial charge is 0.325 e. The monoisotopic (exact) mass is 254 g/mol. The van der Waals surface area contributed by atoms with Crippen LogP contribution in [0.5, 0.6) is 0 Å². The first-order valence-electron chi connectivity index (χ1n) is 4.32. The Bertz CT molecular complexity index is 310. The summed E-state index contributed by atoms with van der Waals surface area (Å²) in [4.78, 5) is 6.01. The third-order valence-electron chi connectivity index (χ3n) is 2.53. The van der Waals surface area contributed by atoms with Crippen molar-refractivity contribution < 1.29 is 0 Å². The van der Waals surface area contributed by atoms with E-state index in [-0.39, 0.29) is 24.8 Å². The summed E-state index contributed by atoms with van der Waals surface area (Å²) in [6, 6.07) is 0. The number of aromatic nitrogens is 1. The van der Waals surface area contributed by atoms with Crippen molar-refractivity contribution in [1.82, 2.24) is 4.98 Å². The van der Waals surface area contributed by atoms with Crippen molar-refractivity contribution in [2.75, 3.05) is 0 Å². The van der Waals surface area contributed by atoms with Crippen LogP contribution >= 0.6 is 36.2 Å².